The van der Waals surface area contributed by atoms with Crippen molar-refractivity contribution in [1.82, 2.24) is 25.0 Å². The molecule has 1 amide bonds. The number of aromatic nitrogens is 1. The van der Waals surface area contributed by atoms with Gasteiger partial charge in [0.25, 0.3) is 0 Å². The summed E-state index contributed by atoms with van der Waals surface area (Å²) in [4.78, 5) is 22.6. The van der Waals surface area contributed by atoms with Crippen LogP contribution in [0.3, 0.4) is 0 Å². The Hall–Kier alpha value is -3.50. The zero-order valence-corrected chi connectivity index (χ0v) is 22.9. The maximum atomic E-state index is 14.4. The van der Waals surface area contributed by atoms with E-state index in [-0.39, 0.29) is 30.5 Å². The van der Waals surface area contributed by atoms with Crippen LogP contribution in [0.4, 0.5) is 18.9 Å². The third kappa shape index (κ3) is 5.81. The van der Waals surface area contributed by atoms with Gasteiger partial charge in [-0.2, -0.15) is 18.4 Å². The molecule has 1 aromatic heterocycles. The second-order valence-corrected chi connectivity index (χ2v) is 10.7. The van der Waals surface area contributed by atoms with E-state index in [0.29, 0.717) is 25.3 Å². The largest absolute Gasteiger partial charge is 0.416 e. The lowest BCUT2D eigenvalue weighted by Gasteiger charge is -2.50. The molecule has 0 unspecified atom stereocenters. The first-order chi connectivity index (χ1) is 19.7. The summed E-state index contributed by atoms with van der Waals surface area (Å²) in [5, 5.41) is 16.2. The van der Waals surface area contributed by atoms with Crippen molar-refractivity contribution in [2.45, 2.75) is 49.5 Å². The third-order valence-electron chi connectivity index (χ3n) is 8.24. The molecule has 5 rings (SSSR count). The zero-order valence-electron chi connectivity index (χ0n) is 22.9. The van der Waals surface area contributed by atoms with Crippen molar-refractivity contribution in [3.63, 3.8) is 0 Å². The second-order valence-electron chi connectivity index (χ2n) is 10.7. The number of anilines is 1. The molecule has 0 bridgehead atoms. The first kappa shape index (κ1) is 29.0. The molecule has 4 atom stereocenters. The monoisotopic (exact) mass is 569 g/mol. The van der Waals surface area contributed by atoms with E-state index in [0.717, 1.165) is 31.0 Å². The number of likely N-dealkylation sites (tertiary alicyclic amines) is 1. The summed E-state index contributed by atoms with van der Waals surface area (Å²) < 4.78 is 49.7. The van der Waals surface area contributed by atoms with Crippen molar-refractivity contribution >= 4 is 11.6 Å². The Morgan fingerprint density at radius 3 is 2.78 bits per heavy atom. The number of hydrogen-bond donors (Lipinski definition) is 2. The van der Waals surface area contributed by atoms with Crippen LogP contribution in [-0.4, -0.2) is 77.5 Å². The number of hydrogen-bond acceptors (Lipinski definition) is 8. The number of benzene rings is 1. The fourth-order valence-corrected chi connectivity index (χ4v) is 6.08. The number of ether oxygens (including phenoxy) is 1. The molecule has 41 heavy (non-hydrogen) atoms. The number of amides is 1. The molecule has 0 saturated carbocycles. The lowest BCUT2D eigenvalue weighted by molar-refractivity contribution is -0.146. The number of alkyl halides is 3. The van der Waals surface area contributed by atoms with E-state index in [1.165, 1.54) is 18.2 Å². The van der Waals surface area contributed by atoms with Gasteiger partial charge in [0.15, 0.2) is 0 Å². The summed E-state index contributed by atoms with van der Waals surface area (Å²) in [7, 11) is 1.99. The number of carbonyl (C=O) groups excluding carboxylic acids is 1. The minimum Gasteiger partial charge on any atom is -0.339 e. The van der Waals surface area contributed by atoms with Gasteiger partial charge in [0.1, 0.15) is 0 Å². The molecule has 0 radical (unpaired) electrons. The van der Waals surface area contributed by atoms with Gasteiger partial charge in [-0.3, -0.25) is 14.7 Å². The fourth-order valence-electron chi connectivity index (χ4n) is 6.08. The summed E-state index contributed by atoms with van der Waals surface area (Å²) >= 11 is 0. The molecule has 218 valence electrons. The quantitative estimate of drug-likeness (QED) is 0.488. The Kier molecular flexibility index (Phi) is 8.33. The van der Waals surface area contributed by atoms with Gasteiger partial charge in [0.05, 0.1) is 48.8 Å². The number of carbonyl (C=O) groups is 1. The topological polar surface area (TPSA) is 96.8 Å². The predicted octanol–water partition coefficient (Wildman–Crippen LogP) is 3.65. The normalized spacial score (nSPS) is 27.1. The van der Waals surface area contributed by atoms with Crippen molar-refractivity contribution in [1.29, 1.82) is 5.26 Å². The van der Waals surface area contributed by atoms with Gasteiger partial charge in [-0.15, -0.1) is 0 Å². The van der Waals surface area contributed by atoms with Crippen molar-refractivity contribution in [3.8, 4) is 6.07 Å². The maximum absolute atomic E-state index is 14.4. The van der Waals surface area contributed by atoms with E-state index in [4.69, 9.17) is 4.74 Å². The molecular formula is C29H34F3N7O2. The van der Waals surface area contributed by atoms with Gasteiger partial charge in [-0.1, -0.05) is 24.8 Å². The Morgan fingerprint density at radius 1 is 1.27 bits per heavy atom. The summed E-state index contributed by atoms with van der Waals surface area (Å²) in [5.74, 6) is -2.00. The average molecular weight is 570 g/mol. The standard InChI is InChI=1S/C29H34F3N7O2/c1-3-26(40)39-16-15-38(18-20(39)10-12-33)27-22-11-13-34-17-25(22)35-29(36-27,41-19-21-7-6-14-37(21)2)24-9-5-4-8-23(24)28(30,31)32/h3-5,8-9,11,13,17,20-21,27,35-36H,1,6-7,10,14-16,18-19H2,2H3/t20-,21-,27-,29-/m0/s1. The minimum atomic E-state index is -4.63. The molecule has 3 aliphatic rings. The van der Waals surface area contributed by atoms with Crippen LogP contribution >= 0.6 is 0 Å². The summed E-state index contributed by atoms with van der Waals surface area (Å²) in [5.41, 5.74) is 0.423. The Labute approximate surface area is 237 Å². The SMILES string of the molecule is C=CC(=O)N1CCN([C@@H]2N[C@](OC[C@@H]3CCCN3C)(c3ccccc3C(F)(F)F)Nc3cnccc32)C[C@@H]1CC#N. The average Bonchev–Trinajstić information content (AvgIpc) is 3.39. The van der Waals surface area contributed by atoms with Crippen LogP contribution in [0.2, 0.25) is 0 Å². The number of rotatable bonds is 7. The van der Waals surface area contributed by atoms with Crippen LogP contribution in [0.5, 0.6) is 0 Å². The highest BCUT2D eigenvalue weighted by atomic mass is 19.4. The number of nitrogens with zero attached hydrogens (tertiary/aromatic N) is 5. The van der Waals surface area contributed by atoms with Gasteiger partial charge >= 0.3 is 6.18 Å². The first-order valence-corrected chi connectivity index (χ1v) is 13.7. The van der Waals surface area contributed by atoms with Gasteiger partial charge in [-0.05, 0) is 44.6 Å². The fraction of sp³-hybridized carbons (Fsp3) is 0.483. The zero-order chi connectivity index (χ0) is 29.2. The molecule has 2 N–H and O–H groups in total. The summed E-state index contributed by atoms with van der Waals surface area (Å²) in [6, 6.07) is 9.03. The number of likely N-dealkylation sites (N-methyl/N-ethyl adjacent to an activating group) is 1. The van der Waals surface area contributed by atoms with Crippen LogP contribution in [0.25, 0.3) is 0 Å². The van der Waals surface area contributed by atoms with Crippen LogP contribution in [0.1, 0.15) is 42.1 Å². The van der Waals surface area contributed by atoms with E-state index >= 15 is 0 Å². The predicted molar refractivity (Wildman–Crippen MR) is 146 cm³/mol. The van der Waals surface area contributed by atoms with E-state index in [1.807, 2.05) is 18.0 Å². The Bertz CT molecular complexity index is 1320. The summed E-state index contributed by atoms with van der Waals surface area (Å²) in [6.45, 7) is 5.76. The number of pyridine rings is 1. The lowest BCUT2D eigenvalue weighted by atomic mass is 9.96. The molecule has 9 nitrogen and oxygen atoms in total. The summed E-state index contributed by atoms with van der Waals surface area (Å²) in [6.07, 6.45) is 1.20. The Morgan fingerprint density at radius 2 is 2.07 bits per heavy atom. The highest BCUT2D eigenvalue weighted by Gasteiger charge is 2.49. The smallest absolute Gasteiger partial charge is 0.339 e. The molecule has 1 aromatic carbocycles. The van der Waals surface area contributed by atoms with E-state index in [2.05, 4.69) is 33.2 Å². The minimum absolute atomic E-state index is 0.0516. The van der Waals surface area contributed by atoms with Crippen molar-refractivity contribution in [2.75, 3.05) is 45.2 Å². The van der Waals surface area contributed by atoms with Gasteiger partial charge < -0.3 is 19.9 Å². The molecule has 2 aromatic rings. The highest BCUT2D eigenvalue weighted by molar-refractivity contribution is 5.87. The molecule has 0 spiro atoms. The number of nitriles is 1. The van der Waals surface area contributed by atoms with E-state index < -0.39 is 29.8 Å². The highest BCUT2D eigenvalue weighted by Crippen LogP contribution is 2.43. The van der Waals surface area contributed by atoms with Gasteiger partial charge in [0, 0.05) is 43.0 Å². The number of fused-ring (bicyclic) bond motifs is 1. The molecular weight excluding hydrogens is 535 g/mol. The van der Waals surface area contributed by atoms with Crippen LogP contribution in [-0.2, 0) is 21.6 Å². The lowest BCUT2D eigenvalue weighted by Crippen LogP contribution is -2.63. The molecule has 0 aliphatic carbocycles. The molecule has 2 fully saturated rings. The van der Waals surface area contributed by atoms with Crippen molar-refractivity contribution in [3.05, 3.63) is 72.1 Å². The van der Waals surface area contributed by atoms with Crippen LogP contribution in [0, 0.1) is 11.3 Å². The molecule has 4 heterocycles. The third-order valence-corrected chi connectivity index (χ3v) is 8.24. The van der Waals surface area contributed by atoms with Gasteiger partial charge in [0.2, 0.25) is 11.8 Å². The first-order valence-electron chi connectivity index (χ1n) is 13.7. The number of nitrogens with one attached hydrogen (secondary N) is 2. The van der Waals surface area contributed by atoms with Gasteiger partial charge in [-0.25, -0.2) is 5.32 Å². The number of piperazine rings is 1. The second kappa shape index (κ2) is 11.8. The Balaban J connectivity index is 1.57. The molecule has 12 heteroatoms. The van der Waals surface area contributed by atoms with Crippen molar-refractivity contribution < 1.29 is 22.7 Å². The van der Waals surface area contributed by atoms with Crippen molar-refractivity contribution in [2.24, 2.45) is 0 Å². The molecule has 2 saturated heterocycles. The van der Waals surface area contributed by atoms with E-state index in [9.17, 15) is 23.2 Å². The van der Waals surface area contributed by atoms with E-state index in [1.54, 1.807) is 23.4 Å². The number of halogens is 3. The molecule has 3 aliphatic heterocycles. The van der Waals surface area contributed by atoms with Crippen LogP contribution < -0.4 is 10.6 Å². The van der Waals surface area contributed by atoms with Crippen LogP contribution in [0.15, 0.2) is 55.4 Å². The maximum Gasteiger partial charge on any atom is 0.416 e.